The molecular formula is C16H26N2O. The van der Waals surface area contributed by atoms with Gasteiger partial charge in [0.15, 0.2) is 0 Å². The minimum absolute atomic E-state index is 0.0758. The molecule has 1 amide bonds. The highest BCUT2D eigenvalue weighted by atomic mass is 16.1. The van der Waals surface area contributed by atoms with Crippen LogP contribution in [0, 0.1) is 5.92 Å². The van der Waals surface area contributed by atoms with Crippen LogP contribution in [0.25, 0.3) is 0 Å². The van der Waals surface area contributed by atoms with Crippen molar-refractivity contribution in [1.29, 1.82) is 0 Å². The first-order chi connectivity index (χ1) is 9.17. The summed E-state index contributed by atoms with van der Waals surface area (Å²) in [5, 5.41) is 6.35. The summed E-state index contributed by atoms with van der Waals surface area (Å²) in [5.41, 5.74) is 2.10. The fraction of sp³-hybridized carbons (Fsp3) is 0.562. The topological polar surface area (TPSA) is 41.1 Å². The van der Waals surface area contributed by atoms with Crippen LogP contribution < -0.4 is 10.6 Å². The van der Waals surface area contributed by atoms with Gasteiger partial charge in [0.2, 0.25) is 5.91 Å². The number of rotatable bonds is 8. The summed E-state index contributed by atoms with van der Waals surface area (Å²) in [6, 6.07) is 8.05. The summed E-state index contributed by atoms with van der Waals surface area (Å²) < 4.78 is 0. The summed E-state index contributed by atoms with van der Waals surface area (Å²) in [6.07, 6.45) is 3.10. The minimum atomic E-state index is 0.0758. The fourth-order valence-electron chi connectivity index (χ4n) is 2.00. The van der Waals surface area contributed by atoms with Gasteiger partial charge < -0.3 is 10.6 Å². The van der Waals surface area contributed by atoms with Crippen molar-refractivity contribution in [3.8, 4) is 0 Å². The molecule has 0 spiro atoms. The van der Waals surface area contributed by atoms with Gasteiger partial charge in [-0.25, -0.2) is 0 Å². The zero-order valence-electron chi connectivity index (χ0n) is 12.3. The Morgan fingerprint density at radius 2 is 2.05 bits per heavy atom. The van der Waals surface area contributed by atoms with E-state index in [0.29, 0.717) is 0 Å². The zero-order chi connectivity index (χ0) is 14.1. The predicted molar refractivity (Wildman–Crippen MR) is 81.1 cm³/mol. The van der Waals surface area contributed by atoms with Gasteiger partial charge in [0.25, 0.3) is 0 Å². The third kappa shape index (κ3) is 5.88. The van der Waals surface area contributed by atoms with Crippen LogP contribution in [0.15, 0.2) is 24.3 Å². The molecule has 3 nitrogen and oxygen atoms in total. The number of hydrogen-bond acceptors (Lipinski definition) is 2. The van der Waals surface area contributed by atoms with Crippen molar-refractivity contribution in [1.82, 2.24) is 5.32 Å². The SMILES string of the molecule is CCCNCc1cccc(NC(=O)C(C)CCC)c1. The van der Waals surface area contributed by atoms with Gasteiger partial charge in [0.1, 0.15) is 0 Å². The monoisotopic (exact) mass is 262 g/mol. The van der Waals surface area contributed by atoms with Crippen molar-refractivity contribution in [2.75, 3.05) is 11.9 Å². The molecular weight excluding hydrogens is 236 g/mol. The van der Waals surface area contributed by atoms with E-state index in [4.69, 9.17) is 0 Å². The number of nitrogens with one attached hydrogen (secondary N) is 2. The van der Waals surface area contributed by atoms with Crippen LogP contribution in [0.1, 0.15) is 45.6 Å². The van der Waals surface area contributed by atoms with Crippen LogP contribution in [-0.2, 0) is 11.3 Å². The highest BCUT2D eigenvalue weighted by Gasteiger charge is 2.11. The van der Waals surface area contributed by atoms with E-state index in [-0.39, 0.29) is 11.8 Å². The average molecular weight is 262 g/mol. The lowest BCUT2D eigenvalue weighted by molar-refractivity contribution is -0.119. The number of anilines is 1. The number of carbonyl (C=O) groups excluding carboxylic acids is 1. The smallest absolute Gasteiger partial charge is 0.227 e. The van der Waals surface area contributed by atoms with E-state index in [1.54, 1.807) is 0 Å². The van der Waals surface area contributed by atoms with Crippen LogP contribution in [0.4, 0.5) is 5.69 Å². The molecule has 2 N–H and O–H groups in total. The van der Waals surface area contributed by atoms with Crippen molar-refractivity contribution in [3.05, 3.63) is 29.8 Å². The molecule has 3 heteroatoms. The van der Waals surface area contributed by atoms with Gasteiger partial charge in [0.05, 0.1) is 0 Å². The minimum Gasteiger partial charge on any atom is -0.326 e. The second-order valence-corrected chi connectivity index (χ2v) is 5.06. The lowest BCUT2D eigenvalue weighted by Crippen LogP contribution is -2.20. The highest BCUT2D eigenvalue weighted by molar-refractivity contribution is 5.92. The first-order valence-corrected chi connectivity index (χ1v) is 7.27. The van der Waals surface area contributed by atoms with Crippen LogP contribution in [0.3, 0.4) is 0 Å². The number of carbonyl (C=O) groups is 1. The van der Waals surface area contributed by atoms with Crippen LogP contribution in [0.2, 0.25) is 0 Å². The molecule has 0 bridgehead atoms. The van der Waals surface area contributed by atoms with Gasteiger partial charge in [-0.15, -0.1) is 0 Å². The predicted octanol–water partition coefficient (Wildman–Crippen LogP) is 3.56. The Hall–Kier alpha value is -1.35. The Morgan fingerprint density at radius 1 is 1.26 bits per heavy atom. The van der Waals surface area contributed by atoms with Crippen molar-refractivity contribution in [2.45, 2.75) is 46.6 Å². The molecule has 0 aliphatic heterocycles. The Balaban J connectivity index is 2.54. The molecule has 0 heterocycles. The third-order valence-corrected chi connectivity index (χ3v) is 3.12. The number of benzene rings is 1. The standard InChI is InChI=1S/C16H26N2O/c1-4-7-13(3)16(19)18-15-9-6-8-14(11-15)12-17-10-5-2/h6,8-9,11,13,17H,4-5,7,10,12H2,1-3H3,(H,18,19). The molecule has 1 atom stereocenters. The molecule has 0 fully saturated rings. The van der Waals surface area contributed by atoms with Gasteiger partial charge >= 0.3 is 0 Å². The second kappa shape index (κ2) is 8.70. The van der Waals surface area contributed by atoms with E-state index in [0.717, 1.165) is 38.0 Å². The van der Waals surface area contributed by atoms with Gasteiger partial charge in [-0.05, 0) is 37.1 Å². The maximum atomic E-state index is 11.9. The van der Waals surface area contributed by atoms with Crippen LogP contribution in [0.5, 0.6) is 0 Å². The van der Waals surface area contributed by atoms with Gasteiger partial charge in [-0.1, -0.05) is 39.3 Å². The molecule has 1 aromatic rings. The molecule has 0 saturated heterocycles. The first kappa shape index (κ1) is 15.7. The van der Waals surface area contributed by atoms with E-state index in [1.165, 1.54) is 5.56 Å². The highest BCUT2D eigenvalue weighted by Crippen LogP contribution is 2.13. The van der Waals surface area contributed by atoms with E-state index >= 15 is 0 Å². The van der Waals surface area contributed by atoms with Crippen molar-refractivity contribution >= 4 is 11.6 Å². The molecule has 19 heavy (non-hydrogen) atoms. The zero-order valence-corrected chi connectivity index (χ0v) is 12.3. The van der Waals surface area contributed by atoms with E-state index < -0.39 is 0 Å². The van der Waals surface area contributed by atoms with Crippen molar-refractivity contribution in [3.63, 3.8) is 0 Å². The Kier molecular flexibility index (Phi) is 7.19. The average Bonchev–Trinajstić information content (AvgIpc) is 2.40. The Bertz CT molecular complexity index is 390. The van der Waals surface area contributed by atoms with E-state index in [9.17, 15) is 4.79 Å². The number of amides is 1. The Morgan fingerprint density at radius 3 is 2.74 bits per heavy atom. The van der Waals surface area contributed by atoms with E-state index in [2.05, 4.69) is 30.5 Å². The lowest BCUT2D eigenvalue weighted by atomic mass is 10.1. The Labute approximate surface area is 116 Å². The summed E-state index contributed by atoms with van der Waals surface area (Å²) in [6.45, 7) is 8.10. The first-order valence-electron chi connectivity index (χ1n) is 7.27. The summed E-state index contributed by atoms with van der Waals surface area (Å²) in [5.74, 6) is 0.187. The van der Waals surface area contributed by atoms with Crippen molar-refractivity contribution in [2.24, 2.45) is 5.92 Å². The maximum Gasteiger partial charge on any atom is 0.227 e. The lowest BCUT2D eigenvalue weighted by Gasteiger charge is -2.12. The van der Waals surface area contributed by atoms with E-state index in [1.807, 2.05) is 25.1 Å². The maximum absolute atomic E-state index is 11.9. The van der Waals surface area contributed by atoms with Crippen LogP contribution >= 0.6 is 0 Å². The normalized spacial score (nSPS) is 12.2. The molecule has 106 valence electrons. The molecule has 1 unspecified atom stereocenters. The molecule has 1 rings (SSSR count). The second-order valence-electron chi connectivity index (χ2n) is 5.06. The van der Waals surface area contributed by atoms with Gasteiger partial charge in [0, 0.05) is 18.2 Å². The summed E-state index contributed by atoms with van der Waals surface area (Å²) in [7, 11) is 0. The van der Waals surface area contributed by atoms with Crippen LogP contribution in [-0.4, -0.2) is 12.5 Å². The molecule has 1 aromatic carbocycles. The third-order valence-electron chi connectivity index (χ3n) is 3.12. The van der Waals surface area contributed by atoms with Gasteiger partial charge in [-0.3, -0.25) is 4.79 Å². The quantitative estimate of drug-likeness (QED) is 0.703. The number of hydrogen-bond donors (Lipinski definition) is 2. The fourth-order valence-corrected chi connectivity index (χ4v) is 2.00. The molecule has 0 aromatic heterocycles. The van der Waals surface area contributed by atoms with Gasteiger partial charge in [-0.2, -0.15) is 0 Å². The molecule has 0 aliphatic carbocycles. The summed E-state index contributed by atoms with van der Waals surface area (Å²) >= 11 is 0. The molecule has 0 aliphatic rings. The largest absolute Gasteiger partial charge is 0.326 e. The summed E-state index contributed by atoms with van der Waals surface area (Å²) in [4.78, 5) is 11.9. The van der Waals surface area contributed by atoms with Crippen molar-refractivity contribution < 1.29 is 4.79 Å². The molecule has 0 saturated carbocycles. The molecule has 0 radical (unpaired) electrons.